The highest BCUT2D eigenvalue weighted by atomic mass is 33.1. The van der Waals surface area contributed by atoms with Crippen molar-refractivity contribution in [2.75, 3.05) is 0 Å². The second-order valence-electron chi connectivity index (χ2n) is 2.95. The van der Waals surface area contributed by atoms with Crippen LogP contribution in [-0.4, -0.2) is 10.00 Å². The Morgan fingerprint density at radius 3 is 2.25 bits per heavy atom. The average Bonchev–Trinajstić information content (AvgIpc) is 1.82. The SMILES string of the molecule is C[C@H]1CC(C)(C)SS1. The molecule has 0 aromatic carbocycles. The van der Waals surface area contributed by atoms with Gasteiger partial charge in [-0.2, -0.15) is 0 Å². The predicted molar refractivity (Wildman–Crippen MR) is 43.3 cm³/mol. The van der Waals surface area contributed by atoms with Gasteiger partial charge >= 0.3 is 0 Å². The van der Waals surface area contributed by atoms with Crippen molar-refractivity contribution in [2.45, 2.75) is 37.2 Å². The van der Waals surface area contributed by atoms with Gasteiger partial charge < -0.3 is 0 Å². The summed E-state index contributed by atoms with van der Waals surface area (Å²) in [5.41, 5.74) is 0. The topological polar surface area (TPSA) is 0 Å². The van der Waals surface area contributed by atoms with Crippen molar-refractivity contribution in [1.82, 2.24) is 0 Å². The van der Waals surface area contributed by atoms with E-state index in [1.165, 1.54) is 6.42 Å². The second-order valence-corrected chi connectivity index (χ2v) is 6.30. The van der Waals surface area contributed by atoms with Crippen molar-refractivity contribution in [1.29, 1.82) is 0 Å². The minimum Gasteiger partial charge on any atom is -0.0904 e. The van der Waals surface area contributed by atoms with Crippen LogP contribution in [-0.2, 0) is 0 Å². The van der Waals surface area contributed by atoms with Crippen LogP contribution in [0.25, 0.3) is 0 Å². The molecule has 1 fully saturated rings. The van der Waals surface area contributed by atoms with E-state index in [4.69, 9.17) is 0 Å². The molecule has 1 atom stereocenters. The summed E-state index contributed by atoms with van der Waals surface area (Å²) in [5.74, 6) is 0. The normalized spacial score (nSPS) is 35.6. The highest BCUT2D eigenvalue weighted by Gasteiger charge is 2.29. The van der Waals surface area contributed by atoms with Crippen LogP contribution in [0, 0.1) is 0 Å². The Bertz CT molecular complexity index is 88.5. The minimum atomic E-state index is 0.546. The Morgan fingerprint density at radius 1 is 1.50 bits per heavy atom. The van der Waals surface area contributed by atoms with Gasteiger partial charge in [-0.05, 0) is 20.3 Å². The first-order valence-electron chi connectivity index (χ1n) is 2.95. The molecule has 1 heterocycles. The van der Waals surface area contributed by atoms with Crippen LogP contribution >= 0.6 is 21.6 Å². The van der Waals surface area contributed by atoms with Gasteiger partial charge in [0.1, 0.15) is 0 Å². The van der Waals surface area contributed by atoms with Crippen molar-refractivity contribution in [3.05, 3.63) is 0 Å². The molecular weight excluding hydrogens is 136 g/mol. The standard InChI is InChI=1S/C6H12S2/c1-5-4-6(2,3)8-7-5/h5H,4H2,1-3H3/t5-/m0/s1. The maximum Gasteiger partial charge on any atom is 0.0218 e. The first-order chi connectivity index (χ1) is 3.60. The zero-order chi connectivity index (χ0) is 6.20. The summed E-state index contributed by atoms with van der Waals surface area (Å²) in [4.78, 5) is 0. The van der Waals surface area contributed by atoms with Crippen LogP contribution in [0.4, 0.5) is 0 Å². The Balaban J connectivity index is 2.44. The molecule has 0 aliphatic carbocycles. The summed E-state index contributed by atoms with van der Waals surface area (Å²) >= 11 is 0. The van der Waals surface area contributed by atoms with Crippen molar-refractivity contribution < 1.29 is 0 Å². The molecule has 1 rings (SSSR count). The summed E-state index contributed by atoms with van der Waals surface area (Å²) < 4.78 is 0.546. The quantitative estimate of drug-likeness (QED) is 0.484. The maximum absolute atomic E-state index is 2.31. The van der Waals surface area contributed by atoms with Gasteiger partial charge in [-0.25, -0.2) is 0 Å². The molecule has 1 saturated heterocycles. The molecule has 0 bridgehead atoms. The molecule has 0 unspecified atom stereocenters. The van der Waals surface area contributed by atoms with Crippen molar-refractivity contribution in [3.8, 4) is 0 Å². The molecule has 1 aliphatic heterocycles. The molecule has 0 spiro atoms. The van der Waals surface area contributed by atoms with Gasteiger partial charge in [-0.1, -0.05) is 28.5 Å². The molecule has 48 valence electrons. The van der Waals surface area contributed by atoms with Crippen molar-refractivity contribution >= 4 is 21.6 Å². The summed E-state index contributed by atoms with van der Waals surface area (Å²) in [7, 11) is 4.05. The lowest BCUT2D eigenvalue weighted by Crippen LogP contribution is -2.10. The number of hydrogen-bond donors (Lipinski definition) is 0. The van der Waals surface area contributed by atoms with E-state index < -0.39 is 0 Å². The lowest BCUT2D eigenvalue weighted by molar-refractivity contribution is 0.651. The summed E-state index contributed by atoms with van der Waals surface area (Å²) in [6.07, 6.45) is 1.36. The smallest absolute Gasteiger partial charge is 0.0218 e. The molecule has 0 aromatic rings. The van der Waals surface area contributed by atoms with E-state index >= 15 is 0 Å². The van der Waals surface area contributed by atoms with Gasteiger partial charge in [0.15, 0.2) is 0 Å². The first kappa shape index (κ1) is 6.81. The third kappa shape index (κ3) is 1.59. The van der Waals surface area contributed by atoms with Crippen LogP contribution < -0.4 is 0 Å². The Labute approximate surface area is 59.2 Å². The van der Waals surface area contributed by atoms with E-state index in [1.807, 2.05) is 21.6 Å². The molecule has 2 heteroatoms. The predicted octanol–water partition coefficient (Wildman–Crippen LogP) is 2.94. The molecular formula is C6H12S2. The van der Waals surface area contributed by atoms with Crippen LogP contribution in [0.15, 0.2) is 0 Å². The molecule has 0 radical (unpaired) electrons. The van der Waals surface area contributed by atoms with Crippen molar-refractivity contribution in [3.63, 3.8) is 0 Å². The van der Waals surface area contributed by atoms with Gasteiger partial charge in [0.2, 0.25) is 0 Å². The summed E-state index contributed by atoms with van der Waals surface area (Å²) in [5, 5.41) is 0.870. The summed E-state index contributed by atoms with van der Waals surface area (Å²) in [6, 6.07) is 0. The third-order valence-corrected chi connectivity index (χ3v) is 5.05. The lowest BCUT2D eigenvalue weighted by Gasteiger charge is -2.12. The van der Waals surface area contributed by atoms with Crippen LogP contribution in [0.2, 0.25) is 0 Å². The Morgan fingerprint density at radius 2 is 2.12 bits per heavy atom. The monoisotopic (exact) mass is 148 g/mol. The molecule has 1 aliphatic rings. The Kier molecular flexibility index (Phi) is 1.83. The van der Waals surface area contributed by atoms with Gasteiger partial charge in [-0.15, -0.1) is 0 Å². The number of hydrogen-bond acceptors (Lipinski definition) is 2. The van der Waals surface area contributed by atoms with E-state index in [0.29, 0.717) is 4.75 Å². The third-order valence-electron chi connectivity index (χ3n) is 1.22. The molecule has 0 amide bonds. The molecule has 0 nitrogen and oxygen atoms in total. The fourth-order valence-electron chi connectivity index (χ4n) is 0.973. The molecule has 0 aromatic heterocycles. The van der Waals surface area contributed by atoms with Crippen molar-refractivity contribution in [2.24, 2.45) is 0 Å². The van der Waals surface area contributed by atoms with Gasteiger partial charge in [0, 0.05) is 10.00 Å². The van der Waals surface area contributed by atoms with Crippen LogP contribution in [0.3, 0.4) is 0 Å². The fraction of sp³-hybridized carbons (Fsp3) is 1.00. The first-order valence-corrected chi connectivity index (χ1v) is 5.16. The fourth-order valence-corrected chi connectivity index (χ4v) is 3.99. The van der Waals surface area contributed by atoms with Gasteiger partial charge in [0.25, 0.3) is 0 Å². The Hall–Kier alpha value is 0.700. The molecule has 8 heavy (non-hydrogen) atoms. The maximum atomic E-state index is 2.31. The van der Waals surface area contributed by atoms with E-state index in [-0.39, 0.29) is 0 Å². The zero-order valence-corrected chi connectivity index (χ0v) is 7.23. The van der Waals surface area contributed by atoms with Gasteiger partial charge in [0.05, 0.1) is 0 Å². The highest BCUT2D eigenvalue weighted by molar-refractivity contribution is 8.77. The van der Waals surface area contributed by atoms with E-state index in [1.54, 1.807) is 0 Å². The average molecular weight is 148 g/mol. The minimum absolute atomic E-state index is 0.546. The van der Waals surface area contributed by atoms with Crippen LogP contribution in [0.1, 0.15) is 27.2 Å². The summed E-state index contributed by atoms with van der Waals surface area (Å²) in [6.45, 7) is 6.93. The number of rotatable bonds is 0. The van der Waals surface area contributed by atoms with E-state index in [2.05, 4.69) is 20.8 Å². The molecule has 0 N–H and O–H groups in total. The van der Waals surface area contributed by atoms with Gasteiger partial charge in [-0.3, -0.25) is 0 Å². The van der Waals surface area contributed by atoms with E-state index in [0.717, 1.165) is 5.25 Å². The molecule has 0 saturated carbocycles. The second kappa shape index (κ2) is 2.14. The van der Waals surface area contributed by atoms with Crippen LogP contribution in [0.5, 0.6) is 0 Å². The largest absolute Gasteiger partial charge is 0.0904 e. The lowest BCUT2D eigenvalue weighted by atomic mass is 10.1. The highest BCUT2D eigenvalue weighted by Crippen LogP contribution is 2.50. The van der Waals surface area contributed by atoms with E-state index in [9.17, 15) is 0 Å². The zero-order valence-electron chi connectivity index (χ0n) is 5.60.